The SMILES string of the molecule is CCN1CCN(c2cccc3c2CN([C@H](CCCN(C)Cc2ccc(F)cc2)c2ccc(OC)c(OC)c2)C3=O)CC1.CCN1CCN(c2cccc3c2CN([C@H](CCCN(C)Cc2cccc(F)c2)c2ccc(OC)c(OC)c2)C3=O)CC1.CCN1CCN(c2cccc3c2CN([C@H](CCCN(C)Cc2ccccc2F)c2ccc(OC)c(OC)c2)C3=O)CC1. The summed E-state index contributed by atoms with van der Waals surface area (Å²) >= 11 is 0. The van der Waals surface area contributed by atoms with Crippen LogP contribution in [0.15, 0.2) is 182 Å². The molecule has 672 valence electrons. The van der Waals surface area contributed by atoms with E-state index in [1.54, 1.807) is 60.9 Å². The molecule has 0 N–H and O–H groups in total. The Morgan fingerprint density at radius 2 is 0.667 bits per heavy atom. The molecule has 15 rings (SSSR count). The van der Waals surface area contributed by atoms with Gasteiger partial charge in [-0.25, -0.2) is 13.2 Å². The van der Waals surface area contributed by atoms with Crippen LogP contribution in [0, 0.1) is 17.5 Å². The summed E-state index contributed by atoms with van der Waals surface area (Å²) in [6, 6.07) is 56.4. The van der Waals surface area contributed by atoms with Gasteiger partial charge in [-0.05, 0) is 230 Å². The zero-order chi connectivity index (χ0) is 88.9. The van der Waals surface area contributed by atoms with Crippen LogP contribution in [0.4, 0.5) is 30.2 Å². The van der Waals surface area contributed by atoms with Crippen molar-refractivity contribution in [3.63, 3.8) is 0 Å². The molecule has 3 amide bonds. The van der Waals surface area contributed by atoms with E-state index in [0.29, 0.717) is 72.8 Å². The molecule has 6 aliphatic heterocycles. The average molecular weight is 1720 g/mol. The molecule has 0 aromatic heterocycles. The minimum absolute atomic E-state index is 0.0681. The Kier molecular flexibility index (Phi) is 32.8. The normalized spacial score (nSPS) is 16.2. The second-order valence-electron chi connectivity index (χ2n) is 33.9. The average Bonchev–Trinajstić information content (AvgIpc) is 1.62. The number of fused-ring (bicyclic) bond motifs is 3. The summed E-state index contributed by atoms with van der Waals surface area (Å²) in [6.45, 7) is 28.0. The van der Waals surface area contributed by atoms with Crippen molar-refractivity contribution in [2.24, 2.45) is 0 Å². The van der Waals surface area contributed by atoms with Crippen molar-refractivity contribution in [2.75, 3.05) is 196 Å². The number of likely N-dealkylation sites (N-methyl/N-ethyl adjacent to an activating group) is 3. The second-order valence-corrected chi connectivity index (χ2v) is 33.9. The Morgan fingerprint density at radius 1 is 0.333 bits per heavy atom. The Morgan fingerprint density at radius 3 is 1.00 bits per heavy atom. The quantitative estimate of drug-likeness (QED) is 0.0367. The number of carbonyl (C=O) groups excluding carboxylic acids is 3. The molecule has 0 radical (unpaired) electrons. The first-order chi connectivity index (χ1) is 61.2. The number of hydrogen-bond donors (Lipinski definition) is 0. The summed E-state index contributed by atoms with van der Waals surface area (Å²) in [5, 5.41) is 0. The topological polar surface area (TPSA) is 145 Å². The molecule has 0 aliphatic carbocycles. The van der Waals surface area contributed by atoms with Crippen LogP contribution in [0.5, 0.6) is 34.5 Å². The number of nitrogens with zero attached hydrogens (tertiary/aromatic N) is 12. The number of hydrogen-bond acceptors (Lipinski definition) is 18. The molecule has 3 atom stereocenters. The van der Waals surface area contributed by atoms with Gasteiger partial charge in [0.1, 0.15) is 17.5 Å². The number of carbonyl (C=O) groups is 3. The van der Waals surface area contributed by atoms with E-state index in [4.69, 9.17) is 28.4 Å². The van der Waals surface area contributed by atoms with Crippen molar-refractivity contribution in [3.05, 3.63) is 266 Å². The van der Waals surface area contributed by atoms with Crippen molar-refractivity contribution >= 4 is 34.8 Å². The van der Waals surface area contributed by atoms with Crippen LogP contribution in [0.3, 0.4) is 0 Å². The van der Waals surface area contributed by atoms with Gasteiger partial charge in [-0.15, -0.1) is 0 Å². The molecule has 0 bridgehead atoms. The van der Waals surface area contributed by atoms with Crippen LogP contribution in [0.25, 0.3) is 0 Å². The first-order valence-electron chi connectivity index (χ1n) is 44.9. The molecule has 3 saturated heterocycles. The van der Waals surface area contributed by atoms with Gasteiger partial charge in [0, 0.05) is 174 Å². The van der Waals surface area contributed by atoms with Gasteiger partial charge >= 0.3 is 0 Å². The molecule has 9 aromatic rings. The van der Waals surface area contributed by atoms with Crippen molar-refractivity contribution in [3.8, 4) is 34.5 Å². The Hall–Kier alpha value is -10.9. The molecule has 126 heavy (non-hydrogen) atoms. The van der Waals surface area contributed by atoms with E-state index in [-0.39, 0.29) is 53.3 Å². The van der Waals surface area contributed by atoms with Gasteiger partial charge < -0.3 is 87.2 Å². The summed E-state index contributed by atoms with van der Waals surface area (Å²) in [5.41, 5.74) is 15.1. The largest absolute Gasteiger partial charge is 0.493 e. The summed E-state index contributed by atoms with van der Waals surface area (Å²) in [5.74, 6) is 3.57. The third kappa shape index (κ3) is 22.6. The summed E-state index contributed by atoms with van der Waals surface area (Å²) in [7, 11) is 16.0. The van der Waals surface area contributed by atoms with E-state index in [1.807, 2.05) is 137 Å². The highest BCUT2D eigenvalue weighted by Crippen LogP contribution is 2.46. The van der Waals surface area contributed by atoms with E-state index in [2.05, 4.69) is 103 Å². The molecule has 0 saturated carbocycles. The molecular weight excluding hydrogens is 1590 g/mol. The molecule has 21 nitrogen and oxygen atoms in total. The predicted molar refractivity (Wildman–Crippen MR) is 495 cm³/mol. The van der Waals surface area contributed by atoms with Crippen molar-refractivity contribution in [1.82, 2.24) is 44.1 Å². The van der Waals surface area contributed by atoms with Crippen LogP contribution in [-0.4, -0.2) is 243 Å². The number of piperazine rings is 3. The van der Waals surface area contributed by atoms with Gasteiger partial charge in [-0.1, -0.05) is 99.6 Å². The van der Waals surface area contributed by atoms with Crippen LogP contribution in [0.2, 0.25) is 0 Å². The van der Waals surface area contributed by atoms with Crippen molar-refractivity contribution in [2.45, 2.75) is 117 Å². The Balaban J connectivity index is 0.000000162. The Bertz CT molecular complexity index is 5100. The standard InChI is InChI=1S/3C34H43FN4O3/c1-5-37-17-19-38(20-18-37)31-12-7-11-28-29(31)24-39(34(28)40)30(26-14-15-32(41-3)33(22-26)42-4)13-8-16-36(2)23-25-9-6-10-27(35)21-25;1-5-37-18-20-38(21-19-37)31-9-6-8-28-29(31)24-39(34(28)40)30(26-13-16-32(41-3)33(22-26)42-4)10-7-17-36(2)23-25-11-14-27(35)15-12-25;1-5-37-18-20-38(21-19-37)31-13-8-11-27-28(31)24-39(34(27)40)30(25-15-16-32(41-3)33(22-25)42-4)14-9-17-36(2)23-26-10-6-7-12-29(26)35/h6-7,9-12,14-15,21-22,30H,5,8,13,16-20,23-24H2,1-4H3;6,8-9,11-16,22,30H,5,7,10,17-21,23-24H2,1-4H3;6-8,10-13,15-16,22,30H,5,9,14,17-21,23-24H2,1-4H3/t3*30-/m111/s1. The molecule has 0 unspecified atom stereocenters. The van der Waals surface area contributed by atoms with Gasteiger partial charge in [0.25, 0.3) is 17.7 Å². The van der Waals surface area contributed by atoms with E-state index < -0.39 is 0 Å². The third-order valence-electron chi connectivity index (χ3n) is 26.1. The predicted octanol–water partition coefficient (Wildman–Crippen LogP) is 16.8. The second kappa shape index (κ2) is 44.5. The molecule has 6 aliphatic rings. The maximum Gasteiger partial charge on any atom is 0.255 e. The molecular formula is C102H129F3N12O9. The number of methoxy groups -OCH3 is 6. The van der Waals surface area contributed by atoms with Crippen LogP contribution in [0.1, 0.15) is 159 Å². The fourth-order valence-electron chi connectivity index (χ4n) is 18.9. The van der Waals surface area contributed by atoms with Gasteiger partial charge in [0.2, 0.25) is 0 Å². The van der Waals surface area contributed by atoms with Crippen molar-refractivity contribution in [1.29, 1.82) is 0 Å². The lowest BCUT2D eigenvalue weighted by molar-refractivity contribution is 0.0679. The summed E-state index contributed by atoms with van der Waals surface area (Å²) in [6.07, 6.45) is 4.96. The van der Waals surface area contributed by atoms with E-state index in [0.717, 1.165) is 224 Å². The zero-order valence-electron chi connectivity index (χ0n) is 75.9. The number of halogens is 3. The van der Waals surface area contributed by atoms with E-state index >= 15 is 0 Å². The molecule has 0 spiro atoms. The van der Waals surface area contributed by atoms with Gasteiger partial charge in [0.05, 0.1) is 60.8 Å². The minimum atomic E-state index is -0.221. The smallest absolute Gasteiger partial charge is 0.255 e. The van der Waals surface area contributed by atoms with E-state index in [9.17, 15) is 27.6 Å². The highest BCUT2D eigenvalue weighted by Gasteiger charge is 2.41. The molecule has 3 fully saturated rings. The van der Waals surface area contributed by atoms with Crippen LogP contribution < -0.4 is 43.1 Å². The fourth-order valence-corrected chi connectivity index (χ4v) is 18.9. The van der Waals surface area contributed by atoms with Crippen LogP contribution in [-0.2, 0) is 39.3 Å². The number of rotatable bonds is 36. The summed E-state index contributed by atoms with van der Waals surface area (Å²) < 4.78 is 74.7. The number of benzene rings is 9. The number of ether oxygens (including phenoxy) is 6. The number of anilines is 3. The lowest BCUT2D eigenvalue weighted by atomic mass is 9.99. The minimum Gasteiger partial charge on any atom is -0.493 e. The van der Waals surface area contributed by atoms with Gasteiger partial charge in [-0.2, -0.15) is 0 Å². The monoisotopic (exact) mass is 1720 g/mol. The van der Waals surface area contributed by atoms with Gasteiger partial charge in [-0.3, -0.25) is 14.4 Å². The lowest BCUT2D eigenvalue weighted by Gasteiger charge is -2.36. The molecule has 9 aromatic carbocycles. The third-order valence-corrected chi connectivity index (χ3v) is 26.1. The van der Waals surface area contributed by atoms with E-state index in [1.165, 1.54) is 41.3 Å². The highest BCUT2D eigenvalue weighted by molar-refractivity contribution is 6.02. The zero-order valence-corrected chi connectivity index (χ0v) is 75.9. The molecule has 24 heteroatoms. The number of amides is 3. The fraction of sp³-hybridized carbons (Fsp3) is 0.441. The van der Waals surface area contributed by atoms with Crippen LogP contribution >= 0.6 is 0 Å². The highest BCUT2D eigenvalue weighted by atomic mass is 19.1. The van der Waals surface area contributed by atoms with Gasteiger partial charge in [0.15, 0.2) is 34.5 Å². The Labute approximate surface area is 744 Å². The first-order valence-corrected chi connectivity index (χ1v) is 44.9. The van der Waals surface area contributed by atoms with Crippen molar-refractivity contribution < 1.29 is 56.0 Å². The maximum absolute atomic E-state index is 14.2. The molecule has 6 heterocycles. The first kappa shape index (κ1) is 92.8. The maximum atomic E-state index is 14.2. The lowest BCUT2D eigenvalue weighted by Crippen LogP contribution is -2.46. The summed E-state index contributed by atoms with van der Waals surface area (Å²) in [4.78, 5) is 69.4.